The van der Waals surface area contributed by atoms with Crippen LogP contribution in [0.2, 0.25) is 0 Å². The molecule has 0 bridgehead atoms. The maximum atomic E-state index is 13.4. The van der Waals surface area contributed by atoms with E-state index in [1.807, 2.05) is 43.3 Å². The molecule has 1 saturated carbocycles. The molecule has 0 aliphatic heterocycles. The summed E-state index contributed by atoms with van der Waals surface area (Å²) in [5.74, 6) is -0.428. The Bertz CT molecular complexity index is 826. The number of benzene rings is 1. The van der Waals surface area contributed by atoms with E-state index in [1.165, 1.54) is 11.3 Å². The van der Waals surface area contributed by atoms with Crippen molar-refractivity contribution in [3.05, 3.63) is 41.3 Å². The van der Waals surface area contributed by atoms with E-state index < -0.39 is 5.97 Å². The van der Waals surface area contributed by atoms with E-state index >= 15 is 0 Å². The van der Waals surface area contributed by atoms with E-state index in [0.717, 1.165) is 36.1 Å². The van der Waals surface area contributed by atoms with Crippen LogP contribution in [0.4, 0.5) is 5.69 Å². The molecule has 0 spiro atoms. The van der Waals surface area contributed by atoms with E-state index in [2.05, 4.69) is 6.92 Å². The van der Waals surface area contributed by atoms with Gasteiger partial charge in [0.1, 0.15) is 4.88 Å². The maximum absolute atomic E-state index is 13.4. The Hall–Kier alpha value is -2.18. The fourth-order valence-corrected chi connectivity index (χ4v) is 4.83. The van der Waals surface area contributed by atoms with Crippen molar-refractivity contribution < 1.29 is 14.7 Å². The molecule has 1 atom stereocenters. The van der Waals surface area contributed by atoms with Crippen molar-refractivity contribution in [3.8, 4) is 10.4 Å². The number of carboxylic acid groups (broad SMARTS) is 1. The number of thiophene rings is 1. The zero-order chi connectivity index (χ0) is 20.3. The van der Waals surface area contributed by atoms with E-state index in [-0.39, 0.29) is 29.3 Å². The molecule has 1 unspecified atom stereocenters. The molecule has 1 amide bonds. The van der Waals surface area contributed by atoms with Crippen molar-refractivity contribution in [2.75, 3.05) is 11.4 Å². The smallest absolute Gasteiger partial charge is 0.348 e. The first-order valence-corrected chi connectivity index (χ1v) is 10.7. The molecule has 6 heteroatoms. The van der Waals surface area contributed by atoms with Gasteiger partial charge in [0.25, 0.3) is 0 Å². The second-order valence-electron chi connectivity index (χ2n) is 7.75. The average molecular weight is 401 g/mol. The minimum absolute atomic E-state index is 0.00441. The van der Waals surface area contributed by atoms with Crippen molar-refractivity contribution in [1.82, 2.24) is 0 Å². The highest BCUT2D eigenvalue weighted by Gasteiger charge is 2.34. The molecule has 0 saturated heterocycles. The van der Waals surface area contributed by atoms with Crippen LogP contribution in [0.5, 0.6) is 0 Å². The molecule has 1 fully saturated rings. The standard InChI is InChI=1S/C22H28N2O3S/c1-14-8-10-17(11-9-14)21(25)24(15(2)13-23)18-12-19(28-20(18)22(26)27)16-6-4-3-5-7-16/h3-7,12,14-15,17H,8-11,13,23H2,1-2H3,(H,26,27). The molecule has 2 aromatic rings. The average Bonchev–Trinajstić information content (AvgIpc) is 3.14. The normalized spacial score (nSPS) is 20.5. The van der Waals surface area contributed by atoms with Gasteiger partial charge in [0.15, 0.2) is 0 Å². The lowest BCUT2D eigenvalue weighted by Gasteiger charge is -2.34. The van der Waals surface area contributed by atoms with Crippen molar-refractivity contribution in [2.24, 2.45) is 17.6 Å². The van der Waals surface area contributed by atoms with Crippen molar-refractivity contribution in [2.45, 2.75) is 45.6 Å². The van der Waals surface area contributed by atoms with E-state index in [1.54, 1.807) is 4.90 Å². The van der Waals surface area contributed by atoms with Gasteiger partial charge in [-0.1, -0.05) is 37.3 Å². The fourth-order valence-electron chi connectivity index (χ4n) is 3.84. The van der Waals surface area contributed by atoms with Crippen LogP contribution in [0, 0.1) is 11.8 Å². The Kier molecular flexibility index (Phi) is 6.52. The Morgan fingerprint density at radius 2 is 1.86 bits per heavy atom. The Morgan fingerprint density at radius 3 is 2.43 bits per heavy atom. The largest absolute Gasteiger partial charge is 0.477 e. The summed E-state index contributed by atoms with van der Waals surface area (Å²) < 4.78 is 0. The van der Waals surface area contributed by atoms with Gasteiger partial charge in [0.05, 0.1) is 5.69 Å². The quantitative estimate of drug-likeness (QED) is 0.741. The van der Waals surface area contributed by atoms with Crippen LogP contribution in [-0.2, 0) is 4.79 Å². The summed E-state index contributed by atoms with van der Waals surface area (Å²) in [6, 6.07) is 11.2. The van der Waals surface area contributed by atoms with E-state index in [4.69, 9.17) is 5.73 Å². The minimum Gasteiger partial charge on any atom is -0.477 e. The summed E-state index contributed by atoms with van der Waals surface area (Å²) in [7, 11) is 0. The number of carboxylic acids is 1. The zero-order valence-corrected chi connectivity index (χ0v) is 17.2. The number of carbonyl (C=O) groups excluding carboxylic acids is 1. The first-order valence-electron chi connectivity index (χ1n) is 9.88. The fraction of sp³-hybridized carbons (Fsp3) is 0.455. The first kappa shape index (κ1) is 20.6. The molecular formula is C22H28N2O3S. The molecule has 1 heterocycles. The third-order valence-corrected chi connectivity index (χ3v) is 6.77. The van der Waals surface area contributed by atoms with Gasteiger partial charge in [-0.3, -0.25) is 4.79 Å². The summed E-state index contributed by atoms with van der Waals surface area (Å²) in [5, 5.41) is 9.80. The predicted octanol–water partition coefficient (Wildman–Crippen LogP) is 4.62. The van der Waals surface area contributed by atoms with Crippen LogP contribution in [0.15, 0.2) is 36.4 Å². The molecule has 1 aromatic heterocycles. The molecular weight excluding hydrogens is 372 g/mol. The van der Waals surface area contributed by atoms with Crippen LogP contribution >= 0.6 is 11.3 Å². The molecule has 1 aliphatic rings. The van der Waals surface area contributed by atoms with E-state index in [9.17, 15) is 14.7 Å². The number of amides is 1. The Labute approximate surface area is 170 Å². The predicted molar refractivity (Wildman–Crippen MR) is 114 cm³/mol. The minimum atomic E-state index is -1.01. The van der Waals surface area contributed by atoms with Gasteiger partial charge >= 0.3 is 5.97 Å². The van der Waals surface area contributed by atoms with Crippen LogP contribution in [0.1, 0.15) is 49.2 Å². The highest BCUT2D eigenvalue weighted by atomic mass is 32.1. The lowest BCUT2D eigenvalue weighted by Crippen LogP contribution is -2.46. The summed E-state index contributed by atoms with van der Waals surface area (Å²) in [5.41, 5.74) is 7.32. The summed E-state index contributed by atoms with van der Waals surface area (Å²) >= 11 is 1.21. The van der Waals surface area contributed by atoms with Gasteiger partial charge in [-0.25, -0.2) is 4.79 Å². The van der Waals surface area contributed by atoms with Gasteiger partial charge in [-0.15, -0.1) is 11.3 Å². The number of hydrogen-bond donors (Lipinski definition) is 2. The third-order valence-electron chi connectivity index (χ3n) is 5.61. The molecule has 5 nitrogen and oxygen atoms in total. The lowest BCUT2D eigenvalue weighted by atomic mass is 9.82. The first-order chi connectivity index (χ1) is 13.4. The SMILES string of the molecule is CC1CCC(C(=O)N(c2cc(-c3ccccc3)sc2C(=O)O)C(C)CN)CC1. The number of nitrogens with two attached hydrogens (primary N) is 1. The molecule has 3 rings (SSSR count). The third kappa shape index (κ3) is 4.28. The molecule has 1 aromatic carbocycles. The summed E-state index contributed by atoms with van der Waals surface area (Å²) in [4.78, 5) is 28.1. The Morgan fingerprint density at radius 1 is 1.21 bits per heavy atom. The lowest BCUT2D eigenvalue weighted by molar-refractivity contribution is -0.123. The van der Waals surface area contributed by atoms with Crippen molar-refractivity contribution in [1.29, 1.82) is 0 Å². The molecule has 28 heavy (non-hydrogen) atoms. The van der Waals surface area contributed by atoms with Crippen molar-refractivity contribution in [3.63, 3.8) is 0 Å². The highest BCUT2D eigenvalue weighted by Crippen LogP contribution is 2.39. The number of carbonyl (C=O) groups is 2. The maximum Gasteiger partial charge on any atom is 0.348 e. The van der Waals surface area contributed by atoms with Gasteiger partial charge in [0.2, 0.25) is 5.91 Å². The highest BCUT2D eigenvalue weighted by molar-refractivity contribution is 7.18. The molecule has 1 aliphatic carbocycles. The number of rotatable bonds is 6. The Balaban J connectivity index is 2.01. The monoisotopic (exact) mass is 400 g/mol. The second kappa shape index (κ2) is 8.88. The second-order valence-corrected chi connectivity index (χ2v) is 8.80. The number of aromatic carboxylic acids is 1. The van der Waals surface area contributed by atoms with Gasteiger partial charge in [-0.2, -0.15) is 0 Å². The zero-order valence-electron chi connectivity index (χ0n) is 16.4. The van der Waals surface area contributed by atoms with Crippen LogP contribution < -0.4 is 10.6 Å². The molecule has 3 N–H and O–H groups in total. The summed E-state index contributed by atoms with van der Waals surface area (Å²) in [6.45, 7) is 4.38. The van der Waals surface area contributed by atoms with Gasteiger partial charge in [-0.05, 0) is 50.2 Å². The summed E-state index contributed by atoms with van der Waals surface area (Å²) in [6.07, 6.45) is 3.77. The topological polar surface area (TPSA) is 83.6 Å². The number of nitrogens with zero attached hydrogens (tertiary/aromatic N) is 1. The van der Waals surface area contributed by atoms with Crippen LogP contribution in [0.3, 0.4) is 0 Å². The van der Waals surface area contributed by atoms with Gasteiger partial charge < -0.3 is 15.7 Å². The number of hydrogen-bond acceptors (Lipinski definition) is 4. The van der Waals surface area contributed by atoms with Crippen LogP contribution in [0.25, 0.3) is 10.4 Å². The number of anilines is 1. The van der Waals surface area contributed by atoms with Crippen molar-refractivity contribution >= 4 is 28.9 Å². The van der Waals surface area contributed by atoms with Gasteiger partial charge in [0, 0.05) is 23.4 Å². The van der Waals surface area contributed by atoms with E-state index in [0.29, 0.717) is 11.6 Å². The molecule has 0 radical (unpaired) electrons. The van der Waals surface area contributed by atoms with Crippen LogP contribution in [-0.4, -0.2) is 29.6 Å². The molecule has 150 valence electrons.